The average molecular weight is 1010 g/mol. The molecule has 0 saturated carbocycles. The van der Waals surface area contributed by atoms with Crippen molar-refractivity contribution in [1.82, 2.24) is 46.8 Å². The van der Waals surface area contributed by atoms with E-state index in [1.54, 1.807) is 36.7 Å². The summed E-state index contributed by atoms with van der Waals surface area (Å²) in [4.78, 5) is 106. The molecule has 1 aliphatic rings. The smallest absolute Gasteiger partial charge is 0.326 e. The number of carboxylic acids is 1. The lowest BCUT2D eigenvalue weighted by Crippen LogP contribution is -2.61. The van der Waals surface area contributed by atoms with E-state index in [9.17, 15) is 48.9 Å². The number of aromatic nitrogens is 2. The molecule has 1 fully saturated rings. The number of nitrogens with zero attached hydrogens (tertiary/aromatic N) is 1. The average Bonchev–Trinajstić information content (AvgIpc) is 4.01. The van der Waals surface area contributed by atoms with Gasteiger partial charge in [-0.15, -0.1) is 0 Å². The summed E-state index contributed by atoms with van der Waals surface area (Å²) < 4.78 is 5.40. The van der Waals surface area contributed by atoms with Crippen LogP contribution in [0.25, 0.3) is 21.8 Å². The summed E-state index contributed by atoms with van der Waals surface area (Å²) in [6.45, 7) is 3.94. The fourth-order valence-electron chi connectivity index (χ4n) is 8.85. The molecule has 20 heteroatoms. The molecule has 0 bridgehead atoms. The lowest BCUT2D eigenvalue weighted by molar-refractivity contribution is -0.142. The maximum Gasteiger partial charge on any atom is 0.326 e. The maximum absolute atomic E-state index is 14.6. The minimum atomic E-state index is -1.70. The Balaban J connectivity index is 1.14. The number of hydrogen-bond donors (Lipinski definition) is 11. The predicted octanol–water partition coefficient (Wildman–Crippen LogP) is 2.58. The number of aliphatic hydroxyl groups excluding tert-OH is 1. The van der Waals surface area contributed by atoms with Crippen molar-refractivity contribution in [2.45, 2.75) is 82.2 Å². The largest absolute Gasteiger partial charge is 0.508 e. The molecule has 7 amide bonds. The van der Waals surface area contributed by atoms with Crippen LogP contribution >= 0.6 is 0 Å². The normalized spacial score (nSPS) is 15.0. The van der Waals surface area contributed by atoms with Crippen molar-refractivity contribution in [3.05, 3.63) is 138 Å². The Morgan fingerprint density at radius 2 is 0.959 bits per heavy atom. The van der Waals surface area contributed by atoms with Gasteiger partial charge in [-0.25, -0.2) is 9.59 Å². The number of aromatic amines is 2. The van der Waals surface area contributed by atoms with Crippen molar-refractivity contribution in [2.24, 2.45) is 5.92 Å². The van der Waals surface area contributed by atoms with E-state index < -0.39 is 84.4 Å². The fourth-order valence-corrected chi connectivity index (χ4v) is 8.85. The number of carbonyl (C=O) groups excluding carboxylic acids is 6. The molecule has 20 nitrogen and oxygen atoms in total. The van der Waals surface area contributed by atoms with Gasteiger partial charge in [0, 0.05) is 73.0 Å². The molecule has 6 aromatic rings. The van der Waals surface area contributed by atoms with Crippen LogP contribution < -0.4 is 31.9 Å². The quantitative estimate of drug-likeness (QED) is 0.0444. The van der Waals surface area contributed by atoms with E-state index in [2.05, 4.69) is 41.9 Å². The predicted molar refractivity (Wildman–Crippen MR) is 275 cm³/mol. The van der Waals surface area contributed by atoms with Crippen molar-refractivity contribution in [3.63, 3.8) is 0 Å². The zero-order valence-corrected chi connectivity index (χ0v) is 41.1. The van der Waals surface area contributed by atoms with Gasteiger partial charge in [0.05, 0.1) is 19.8 Å². The first-order valence-electron chi connectivity index (χ1n) is 24.6. The molecular formula is C54H63N9O11. The molecule has 0 radical (unpaired) electrons. The van der Waals surface area contributed by atoms with Crippen LogP contribution in [0.3, 0.4) is 0 Å². The van der Waals surface area contributed by atoms with Crippen LogP contribution in [0.4, 0.5) is 4.79 Å². The second-order valence-corrected chi connectivity index (χ2v) is 18.7. The van der Waals surface area contributed by atoms with Gasteiger partial charge in [-0.05, 0) is 58.9 Å². The van der Waals surface area contributed by atoms with Gasteiger partial charge in [-0.2, -0.15) is 0 Å². The van der Waals surface area contributed by atoms with E-state index in [4.69, 9.17) is 4.74 Å². The summed E-state index contributed by atoms with van der Waals surface area (Å²) in [6, 6.07) is 20.6. The zero-order valence-electron chi connectivity index (χ0n) is 41.1. The number of fused-ring (bicyclic) bond motifs is 2. The van der Waals surface area contributed by atoms with Gasteiger partial charge in [0.15, 0.2) is 0 Å². The van der Waals surface area contributed by atoms with E-state index >= 15 is 0 Å². The molecule has 74 heavy (non-hydrogen) atoms. The number of carboxylic acid groups (broad SMARTS) is 1. The molecule has 0 spiro atoms. The number of aromatic hydroxyl groups is 1. The van der Waals surface area contributed by atoms with Gasteiger partial charge in [0.1, 0.15) is 42.0 Å². The van der Waals surface area contributed by atoms with Gasteiger partial charge in [0.25, 0.3) is 0 Å². The second-order valence-electron chi connectivity index (χ2n) is 18.7. The third-order valence-electron chi connectivity index (χ3n) is 12.8. The van der Waals surface area contributed by atoms with Crippen LogP contribution in [0.5, 0.6) is 5.75 Å². The van der Waals surface area contributed by atoms with E-state index in [1.807, 2.05) is 68.4 Å². The Labute approximate surface area is 427 Å². The molecule has 6 atom stereocenters. The zero-order chi connectivity index (χ0) is 52.7. The summed E-state index contributed by atoms with van der Waals surface area (Å²) in [5.74, 6) is -5.65. The molecule has 0 unspecified atom stereocenters. The maximum atomic E-state index is 14.6. The van der Waals surface area contributed by atoms with Crippen LogP contribution in [0.15, 0.2) is 116 Å². The van der Waals surface area contributed by atoms with Gasteiger partial charge >= 0.3 is 12.0 Å². The number of amides is 7. The number of benzene rings is 4. The minimum absolute atomic E-state index is 0.0631. The number of hydrogen-bond acceptors (Lipinski definition) is 10. The number of aliphatic carboxylic acids is 1. The van der Waals surface area contributed by atoms with Crippen LogP contribution in [-0.4, -0.2) is 141 Å². The highest BCUT2D eigenvalue weighted by molar-refractivity contribution is 5.98. The summed E-state index contributed by atoms with van der Waals surface area (Å²) in [5.41, 5.74) is 4.00. The molecule has 2 aromatic heterocycles. The monoisotopic (exact) mass is 1010 g/mol. The SMILES string of the molecule is CC(C)C[C@H](NC(=O)[C@@H](Cc1c[nH]c2ccccc12)NC(=O)[C@H](Cc1ccc(O)cc1)NC(=O)[C@H](CO)NC(=O)[C@H](Cc1c[nH]c2ccccc12)NC(=O)[C@H](Cc1ccccc1)NC(=O)N1CCOCC1)C(=O)O. The van der Waals surface area contributed by atoms with Crippen LogP contribution in [-0.2, 0) is 59.2 Å². The number of urea groups is 1. The third kappa shape index (κ3) is 14.5. The first kappa shape index (κ1) is 53.6. The summed E-state index contributed by atoms with van der Waals surface area (Å²) in [6.07, 6.45) is 3.17. The Kier molecular flexibility index (Phi) is 18.4. The second kappa shape index (κ2) is 25.4. The van der Waals surface area contributed by atoms with Crippen molar-refractivity contribution in [1.29, 1.82) is 0 Å². The molecule has 4 aromatic carbocycles. The van der Waals surface area contributed by atoms with Crippen LogP contribution in [0.1, 0.15) is 42.5 Å². The molecule has 0 aliphatic carbocycles. The summed E-state index contributed by atoms with van der Waals surface area (Å²) in [7, 11) is 0. The topological polar surface area (TPSA) is 296 Å². The molecule has 7 rings (SSSR count). The number of aliphatic hydroxyl groups is 1. The highest BCUT2D eigenvalue weighted by Crippen LogP contribution is 2.22. The Morgan fingerprint density at radius 3 is 1.45 bits per heavy atom. The highest BCUT2D eigenvalue weighted by Gasteiger charge is 2.35. The minimum Gasteiger partial charge on any atom is -0.508 e. The number of nitrogens with one attached hydrogen (secondary N) is 8. The highest BCUT2D eigenvalue weighted by atomic mass is 16.5. The number of rotatable bonds is 23. The van der Waals surface area contributed by atoms with Crippen LogP contribution in [0, 0.1) is 5.92 Å². The molecule has 3 heterocycles. The molecular weight excluding hydrogens is 951 g/mol. The van der Waals surface area contributed by atoms with Crippen molar-refractivity contribution in [2.75, 3.05) is 32.9 Å². The fraction of sp³-hybridized carbons (Fsp3) is 0.352. The third-order valence-corrected chi connectivity index (χ3v) is 12.8. The standard InChI is InChI=1S/C54H63N9O11/c1-32(2)24-46(53(71)72)60-50(68)44(27-35-29-55-40-14-8-6-12-38(35)40)58-48(66)42(26-34-16-18-37(65)19-17-34)57-52(70)47(31-64)61-51(69)45(28-36-30-56-41-15-9-7-13-39(36)41)59-49(67)43(25-33-10-4-3-5-11-33)62-54(73)63-20-22-74-23-21-63/h3-19,29-30,32,42-47,55-56,64-65H,20-28,31H2,1-2H3,(H,57,70)(H,58,66)(H,59,67)(H,60,68)(H,61,69)(H,62,73)(H,71,72)/t42-,43-,44+,45-,46-,47-/m0/s1. The number of phenols is 1. The van der Waals surface area contributed by atoms with Crippen molar-refractivity contribution in [3.8, 4) is 5.75 Å². The van der Waals surface area contributed by atoms with Gasteiger partial charge < -0.3 is 66.8 Å². The number of para-hydroxylation sites is 2. The number of ether oxygens (including phenoxy) is 1. The summed E-state index contributed by atoms with van der Waals surface area (Å²) in [5, 5.41) is 48.4. The number of H-pyrrole nitrogens is 2. The molecule has 11 N–H and O–H groups in total. The number of morpholine rings is 1. The van der Waals surface area contributed by atoms with E-state index in [0.29, 0.717) is 43.0 Å². The molecule has 1 saturated heterocycles. The van der Waals surface area contributed by atoms with Crippen molar-refractivity contribution >= 4 is 63.3 Å². The first-order chi connectivity index (χ1) is 35.6. The van der Waals surface area contributed by atoms with E-state index in [1.165, 1.54) is 29.2 Å². The lowest BCUT2D eigenvalue weighted by atomic mass is 10.00. The van der Waals surface area contributed by atoms with E-state index in [0.717, 1.165) is 27.4 Å². The molecule has 390 valence electrons. The Morgan fingerprint density at radius 1 is 0.541 bits per heavy atom. The van der Waals surface area contributed by atoms with Crippen molar-refractivity contribution < 1.29 is 53.6 Å². The Hall–Kier alpha value is -8.23. The van der Waals surface area contributed by atoms with Gasteiger partial charge in [0.2, 0.25) is 29.5 Å². The first-order valence-corrected chi connectivity index (χ1v) is 24.6. The lowest BCUT2D eigenvalue weighted by Gasteiger charge is -2.30. The number of carbonyl (C=O) groups is 7. The summed E-state index contributed by atoms with van der Waals surface area (Å²) >= 11 is 0. The molecule has 1 aliphatic heterocycles. The number of phenolic OH excluding ortho intramolecular Hbond substituents is 1. The van der Waals surface area contributed by atoms with Gasteiger partial charge in [-0.1, -0.05) is 92.7 Å². The Bertz CT molecular complexity index is 2900. The van der Waals surface area contributed by atoms with Gasteiger partial charge in [-0.3, -0.25) is 24.0 Å². The van der Waals surface area contributed by atoms with Crippen LogP contribution in [0.2, 0.25) is 0 Å². The van der Waals surface area contributed by atoms with E-state index in [-0.39, 0.29) is 43.8 Å².